The fraction of sp³-hybridized carbons (Fsp3) is 0.0870. The van der Waals surface area contributed by atoms with Crippen LogP contribution in [0.25, 0.3) is 0 Å². The van der Waals surface area contributed by atoms with Crippen molar-refractivity contribution >= 4 is 41.1 Å². The van der Waals surface area contributed by atoms with Crippen LogP contribution >= 0.6 is 23.4 Å². The van der Waals surface area contributed by atoms with E-state index < -0.39 is 29.5 Å². The van der Waals surface area contributed by atoms with Crippen LogP contribution in [0.5, 0.6) is 11.5 Å². The molecule has 5 nitrogen and oxygen atoms in total. The molecule has 0 spiro atoms. The van der Waals surface area contributed by atoms with Crippen molar-refractivity contribution < 1.29 is 32.3 Å². The van der Waals surface area contributed by atoms with Crippen molar-refractivity contribution in [3.8, 4) is 11.5 Å². The van der Waals surface area contributed by atoms with Gasteiger partial charge in [-0.15, -0.1) is 11.8 Å². The summed E-state index contributed by atoms with van der Waals surface area (Å²) < 4.78 is 44.2. The maximum atomic E-state index is 13.2. The fourth-order valence-electron chi connectivity index (χ4n) is 3.30. The molecule has 3 aromatic rings. The predicted molar refractivity (Wildman–Crippen MR) is 116 cm³/mol. The van der Waals surface area contributed by atoms with Crippen molar-refractivity contribution in [3.05, 3.63) is 87.9 Å². The van der Waals surface area contributed by atoms with Gasteiger partial charge in [0.1, 0.15) is 11.5 Å². The molecule has 1 heterocycles. The monoisotopic (exact) mass is 491 g/mol. The van der Waals surface area contributed by atoms with E-state index in [0.29, 0.717) is 9.80 Å². The number of amides is 3. The van der Waals surface area contributed by atoms with Crippen molar-refractivity contribution in [1.29, 1.82) is 0 Å². The first-order valence-corrected chi connectivity index (χ1v) is 11.0. The standard InChI is InChI=1S/C23H13ClF3NO4S/c1-33-19-9-7-13(32-18-8-6-12(10-17(18)24)23(25,26)27)11-16(19)22(31)28-20(29)14-4-2-3-5-15(14)21(28)30/h2-11H,1H3. The van der Waals surface area contributed by atoms with E-state index in [9.17, 15) is 27.6 Å². The molecule has 0 aliphatic carbocycles. The highest BCUT2D eigenvalue weighted by atomic mass is 35.5. The van der Waals surface area contributed by atoms with Gasteiger partial charge in [-0.25, -0.2) is 4.90 Å². The number of hydrogen-bond acceptors (Lipinski definition) is 5. The molecule has 168 valence electrons. The summed E-state index contributed by atoms with van der Waals surface area (Å²) in [6, 6.07) is 13.1. The number of carbonyl (C=O) groups excluding carboxylic acids is 3. The second-order valence-electron chi connectivity index (χ2n) is 6.90. The van der Waals surface area contributed by atoms with E-state index in [1.807, 2.05) is 0 Å². The molecule has 3 aromatic carbocycles. The first kappa shape index (κ1) is 22.9. The first-order chi connectivity index (χ1) is 15.6. The van der Waals surface area contributed by atoms with Gasteiger partial charge in [0.15, 0.2) is 0 Å². The topological polar surface area (TPSA) is 63.7 Å². The molecule has 0 atom stereocenters. The van der Waals surface area contributed by atoms with Crippen LogP contribution in [-0.4, -0.2) is 28.9 Å². The Balaban J connectivity index is 1.67. The number of fused-ring (bicyclic) bond motifs is 1. The van der Waals surface area contributed by atoms with Crippen LogP contribution in [0.3, 0.4) is 0 Å². The molecule has 0 N–H and O–H groups in total. The SMILES string of the molecule is CSc1ccc(Oc2ccc(C(F)(F)F)cc2Cl)cc1C(=O)N1C(=O)c2ccccc2C1=O. The summed E-state index contributed by atoms with van der Waals surface area (Å²) in [5.41, 5.74) is -0.646. The lowest BCUT2D eigenvalue weighted by atomic mass is 10.1. The molecule has 1 aliphatic rings. The zero-order valence-electron chi connectivity index (χ0n) is 16.8. The molecule has 3 amide bonds. The fourth-order valence-corrected chi connectivity index (χ4v) is 4.09. The van der Waals surface area contributed by atoms with Gasteiger partial charge in [0.25, 0.3) is 17.7 Å². The van der Waals surface area contributed by atoms with Gasteiger partial charge >= 0.3 is 6.18 Å². The molecule has 33 heavy (non-hydrogen) atoms. The molecule has 10 heteroatoms. The third-order valence-corrected chi connectivity index (χ3v) is 5.98. The number of benzene rings is 3. The lowest BCUT2D eigenvalue weighted by Gasteiger charge is -2.16. The Morgan fingerprint density at radius 2 is 1.61 bits per heavy atom. The maximum Gasteiger partial charge on any atom is 0.416 e. The normalized spacial score (nSPS) is 13.3. The Labute approximate surface area is 195 Å². The van der Waals surface area contributed by atoms with Gasteiger partial charge < -0.3 is 4.74 Å². The smallest absolute Gasteiger partial charge is 0.416 e. The average molecular weight is 492 g/mol. The third-order valence-electron chi connectivity index (χ3n) is 4.89. The van der Waals surface area contributed by atoms with Gasteiger partial charge in [-0.05, 0) is 54.8 Å². The van der Waals surface area contributed by atoms with Gasteiger partial charge in [-0.3, -0.25) is 14.4 Å². The maximum absolute atomic E-state index is 13.2. The summed E-state index contributed by atoms with van der Waals surface area (Å²) in [4.78, 5) is 39.6. The molecule has 0 saturated heterocycles. The Bertz CT molecular complexity index is 1270. The van der Waals surface area contributed by atoms with Crippen LogP contribution in [0.1, 0.15) is 36.6 Å². The van der Waals surface area contributed by atoms with Crippen molar-refractivity contribution in [2.45, 2.75) is 11.1 Å². The largest absolute Gasteiger partial charge is 0.456 e. The lowest BCUT2D eigenvalue weighted by Crippen LogP contribution is -2.36. The van der Waals surface area contributed by atoms with Crippen LogP contribution in [0.4, 0.5) is 13.2 Å². The number of halogens is 4. The predicted octanol–water partition coefficient (Wildman–Crippen LogP) is 6.31. The van der Waals surface area contributed by atoms with Gasteiger partial charge in [-0.1, -0.05) is 23.7 Å². The van der Waals surface area contributed by atoms with Crippen molar-refractivity contribution in [3.63, 3.8) is 0 Å². The Morgan fingerprint density at radius 3 is 2.15 bits per heavy atom. The van der Waals surface area contributed by atoms with Gasteiger partial charge in [0, 0.05) is 4.90 Å². The quantitative estimate of drug-likeness (QED) is 0.316. The molecule has 0 fully saturated rings. The minimum atomic E-state index is -4.56. The van der Waals surface area contributed by atoms with Crippen molar-refractivity contribution in [1.82, 2.24) is 4.90 Å². The van der Waals surface area contributed by atoms with Crippen LogP contribution in [0.15, 0.2) is 65.6 Å². The summed E-state index contributed by atoms with van der Waals surface area (Å²) in [6.07, 6.45) is -2.85. The molecule has 1 aliphatic heterocycles. The average Bonchev–Trinajstić information content (AvgIpc) is 3.04. The van der Waals surface area contributed by atoms with E-state index >= 15 is 0 Å². The van der Waals surface area contributed by atoms with Gasteiger partial charge in [0.05, 0.1) is 27.3 Å². The second kappa shape index (κ2) is 8.57. The number of imide groups is 3. The molecule has 0 saturated carbocycles. The number of thioether (sulfide) groups is 1. The van der Waals surface area contributed by atoms with Crippen LogP contribution in [0.2, 0.25) is 5.02 Å². The number of nitrogens with zero attached hydrogens (tertiary/aromatic N) is 1. The van der Waals surface area contributed by atoms with Gasteiger partial charge in [0.2, 0.25) is 0 Å². The zero-order valence-corrected chi connectivity index (χ0v) is 18.3. The van der Waals surface area contributed by atoms with Crippen molar-refractivity contribution in [2.75, 3.05) is 6.26 Å². The Hall–Kier alpha value is -3.30. The van der Waals surface area contributed by atoms with E-state index in [4.69, 9.17) is 16.3 Å². The zero-order chi connectivity index (χ0) is 23.9. The first-order valence-electron chi connectivity index (χ1n) is 9.36. The van der Waals surface area contributed by atoms with E-state index in [1.165, 1.54) is 36.0 Å². The van der Waals surface area contributed by atoms with Crippen molar-refractivity contribution in [2.24, 2.45) is 0 Å². The molecular formula is C23H13ClF3NO4S. The van der Waals surface area contributed by atoms with E-state index in [0.717, 1.165) is 18.2 Å². The van der Waals surface area contributed by atoms with Crippen LogP contribution in [0, 0.1) is 0 Å². The minimum absolute atomic E-state index is 0.0255. The molecule has 0 aromatic heterocycles. The number of carbonyl (C=O) groups is 3. The highest BCUT2D eigenvalue weighted by Gasteiger charge is 2.40. The Kier molecular flexibility index (Phi) is 5.94. The summed E-state index contributed by atoms with van der Waals surface area (Å²) >= 11 is 7.16. The lowest BCUT2D eigenvalue weighted by molar-refractivity contribution is -0.137. The Morgan fingerprint density at radius 1 is 0.970 bits per heavy atom. The van der Waals surface area contributed by atoms with E-state index in [2.05, 4.69) is 0 Å². The molecule has 4 rings (SSSR count). The summed E-state index contributed by atoms with van der Waals surface area (Å²) in [7, 11) is 0. The molecular weight excluding hydrogens is 479 g/mol. The van der Waals surface area contributed by atoms with Gasteiger partial charge in [-0.2, -0.15) is 13.2 Å². The highest BCUT2D eigenvalue weighted by molar-refractivity contribution is 7.98. The number of ether oxygens (including phenoxy) is 1. The number of hydrogen-bond donors (Lipinski definition) is 0. The summed E-state index contributed by atoms with van der Waals surface area (Å²) in [5.74, 6) is -2.26. The highest BCUT2D eigenvalue weighted by Crippen LogP contribution is 2.37. The van der Waals surface area contributed by atoms with Crippen LogP contribution < -0.4 is 4.74 Å². The molecule has 0 bridgehead atoms. The van der Waals surface area contributed by atoms with Crippen LogP contribution in [-0.2, 0) is 6.18 Å². The molecule has 0 radical (unpaired) electrons. The molecule has 0 unspecified atom stereocenters. The third kappa shape index (κ3) is 4.21. The number of alkyl halides is 3. The number of rotatable bonds is 4. The van der Waals surface area contributed by atoms with E-state index in [1.54, 1.807) is 24.5 Å². The van der Waals surface area contributed by atoms with E-state index in [-0.39, 0.29) is 33.2 Å². The summed E-state index contributed by atoms with van der Waals surface area (Å²) in [6.45, 7) is 0. The second-order valence-corrected chi connectivity index (χ2v) is 8.16. The minimum Gasteiger partial charge on any atom is -0.456 e. The summed E-state index contributed by atoms with van der Waals surface area (Å²) in [5, 5.41) is -0.271.